The standard InChI is InChI=1S/C12H10BrNO2/c13-10-5-9(6-14-7-10)8-16-12-3-1-11(15)2-4-12/h1-7,15H,8H2. The third-order valence-electron chi connectivity index (χ3n) is 2.00. The first-order valence-electron chi connectivity index (χ1n) is 4.75. The van der Waals surface area contributed by atoms with E-state index in [0.29, 0.717) is 6.61 Å². The zero-order valence-corrected chi connectivity index (χ0v) is 10.0. The largest absolute Gasteiger partial charge is 0.508 e. The van der Waals surface area contributed by atoms with Crippen LogP contribution in [0.5, 0.6) is 11.5 Å². The van der Waals surface area contributed by atoms with Crippen LogP contribution < -0.4 is 4.74 Å². The number of ether oxygens (including phenoxy) is 1. The van der Waals surface area contributed by atoms with Crippen molar-refractivity contribution in [1.82, 2.24) is 4.98 Å². The molecule has 2 aromatic rings. The number of hydrogen-bond acceptors (Lipinski definition) is 3. The summed E-state index contributed by atoms with van der Waals surface area (Å²) in [6, 6.07) is 8.58. The fourth-order valence-corrected chi connectivity index (χ4v) is 1.66. The highest BCUT2D eigenvalue weighted by Gasteiger charge is 1.97. The highest BCUT2D eigenvalue weighted by atomic mass is 79.9. The van der Waals surface area contributed by atoms with E-state index in [4.69, 9.17) is 9.84 Å². The van der Waals surface area contributed by atoms with E-state index >= 15 is 0 Å². The number of pyridine rings is 1. The molecule has 2 rings (SSSR count). The van der Waals surface area contributed by atoms with Crippen molar-refractivity contribution in [3.8, 4) is 11.5 Å². The summed E-state index contributed by atoms with van der Waals surface area (Å²) in [5, 5.41) is 9.11. The Morgan fingerprint density at radius 3 is 2.62 bits per heavy atom. The second-order valence-corrected chi connectivity index (χ2v) is 4.21. The van der Waals surface area contributed by atoms with Crippen LogP contribution in [0.25, 0.3) is 0 Å². The van der Waals surface area contributed by atoms with Crippen LogP contribution in [0.1, 0.15) is 5.56 Å². The lowest BCUT2D eigenvalue weighted by Crippen LogP contribution is -1.95. The third kappa shape index (κ3) is 2.97. The molecule has 0 aliphatic heterocycles. The molecule has 0 aliphatic rings. The molecule has 82 valence electrons. The molecule has 1 aromatic heterocycles. The summed E-state index contributed by atoms with van der Waals surface area (Å²) in [5.41, 5.74) is 0.988. The minimum absolute atomic E-state index is 0.233. The molecule has 0 saturated carbocycles. The van der Waals surface area contributed by atoms with Crippen molar-refractivity contribution in [2.24, 2.45) is 0 Å². The van der Waals surface area contributed by atoms with Gasteiger partial charge in [-0.2, -0.15) is 0 Å². The van der Waals surface area contributed by atoms with E-state index in [1.807, 2.05) is 6.07 Å². The van der Waals surface area contributed by atoms with E-state index in [1.54, 1.807) is 36.7 Å². The van der Waals surface area contributed by atoms with Gasteiger partial charge in [0.05, 0.1) is 0 Å². The Morgan fingerprint density at radius 1 is 1.19 bits per heavy atom. The lowest BCUT2D eigenvalue weighted by Gasteiger charge is -2.06. The van der Waals surface area contributed by atoms with Gasteiger partial charge in [0.25, 0.3) is 0 Å². The molecular weight excluding hydrogens is 270 g/mol. The van der Waals surface area contributed by atoms with Crippen molar-refractivity contribution in [3.05, 3.63) is 52.8 Å². The second kappa shape index (κ2) is 4.99. The lowest BCUT2D eigenvalue weighted by atomic mass is 10.3. The number of aromatic hydroxyl groups is 1. The second-order valence-electron chi connectivity index (χ2n) is 3.29. The molecule has 3 nitrogen and oxygen atoms in total. The average molecular weight is 280 g/mol. The van der Waals surface area contributed by atoms with Gasteiger partial charge in [0, 0.05) is 22.4 Å². The minimum atomic E-state index is 0.233. The van der Waals surface area contributed by atoms with Crippen LogP contribution in [0, 0.1) is 0 Å². The van der Waals surface area contributed by atoms with Crippen molar-refractivity contribution >= 4 is 15.9 Å². The molecular formula is C12H10BrNO2. The molecule has 0 atom stereocenters. The van der Waals surface area contributed by atoms with Gasteiger partial charge in [0.15, 0.2) is 0 Å². The molecule has 4 heteroatoms. The van der Waals surface area contributed by atoms with Gasteiger partial charge in [0.2, 0.25) is 0 Å². The van der Waals surface area contributed by atoms with Crippen LogP contribution in [-0.4, -0.2) is 10.1 Å². The molecule has 1 aromatic carbocycles. The summed E-state index contributed by atoms with van der Waals surface area (Å²) >= 11 is 3.35. The highest BCUT2D eigenvalue weighted by molar-refractivity contribution is 9.10. The number of rotatable bonds is 3. The van der Waals surface area contributed by atoms with Crippen molar-refractivity contribution in [1.29, 1.82) is 0 Å². The van der Waals surface area contributed by atoms with Gasteiger partial charge in [-0.05, 0) is 46.3 Å². The predicted octanol–water partition coefficient (Wildman–Crippen LogP) is 3.13. The maximum Gasteiger partial charge on any atom is 0.120 e. The van der Waals surface area contributed by atoms with E-state index in [9.17, 15) is 0 Å². The van der Waals surface area contributed by atoms with Crippen molar-refractivity contribution in [2.75, 3.05) is 0 Å². The summed E-state index contributed by atoms with van der Waals surface area (Å²) < 4.78 is 6.46. The maximum absolute atomic E-state index is 9.11. The molecule has 0 radical (unpaired) electrons. The molecule has 0 amide bonds. The Morgan fingerprint density at radius 2 is 1.94 bits per heavy atom. The van der Waals surface area contributed by atoms with Crippen molar-refractivity contribution in [2.45, 2.75) is 6.61 Å². The van der Waals surface area contributed by atoms with E-state index in [0.717, 1.165) is 15.8 Å². The molecule has 0 saturated heterocycles. The van der Waals surface area contributed by atoms with Crippen LogP contribution in [0.4, 0.5) is 0 Å². The molecule has 0 fully saturated rings. The van der Waals surface area contributed by atoms with Gasteiger partial charge in [-0.3, -0.25) is 4.98 Å². The fourth-order valence-electron chi connectivity index (χ4n) is 1.24. The maximum atomic E-state index is 9.11. The predicted molar refractivity (Wildman–Crippen MR) is 64.4 cm³/mol. The third-order valence-corrected chi connectivity index (χ3v) is 2.44. The number of nitrogens with zero attached hydrogens (tertiary/aromatic N) is 1. The van der Waals surface area contributed by atoms with E-state index in [2.05, 4.69) is 20.9 Å². The summed E-state index contributed by atoms with van der Waals surface area (Å²) in [5.74, 6) is 0.953. The molecule has 0 spiro atoms. The number of halogens is 1. The van der Waals surface area contributed by atoms with Gasteiger partial charge in [-0.1, -0.05) is 0 Å². The Bertz CT molecular complexity index is 471. The number of benzene rings is 1. The molecule has 16 heavy (non-hydrogen) atoms. The Labute approximate surface area is 102 Å². The Kier molecular flexibility index (Phi) is 3.41. The molecule has 0 bridgehead atoms. The van der Waals surface area contributed by atoms with Crippen molar-refractivity contribution in [3.63, 3.8) is 0 Å². The van der Waals surface area contributed by atoms with Crippen LogP contribution >= 0.6 is 15.9 Å². The first-order valence-corrected chi connectivity index (χ1v) is 5.54. The quantitative estimate of drug-likeness (QED) is 0.939. The Hall–Kier alpha value is -1.55. The van der Waals surface area contributed by atoms with Crippen LogP contribution in [0.15, 0.2) is 47.2 Å². The van der Waals surface area contributed by atoms with E-state index in [-0.39, 0.29) is 5.75 Å². The first kappa shape index (κ1) is 11.0. The molecule has 0 aliphatic carbocycles. The number of phenols is 1. The van der Waals surface area contributed by atoms with Gasteiger partial charge in [-0.25, -0.2) is 0 Å². The topological polar surface area (TPSA) is 42.4 Å². The lowest BCUT2D eigenvalue weighted by molar-refractivity contribution is 0.305. The minimum Gasteiger partial charge on any atom is -0.508 e. The number of hydrogen-bond donors (Lipinski definition) is 1. The van der Waals surface area contributed by atoms with Gasteiger partial charge < -0.3 is 9.84 Å². The van der Waals surface area contributed by atoms with Crippen LogP contribution in [0.3, 0.4) is 0 Å². The highest BCUT2D eigenvalue weighted by Crippen LogP contribution is 2.17. The summed E-state index contributed by atoms with van der Waals surface area (Å²) in [4.78, 5) is 4.04. The average Bonchev–Trinajstić information content (AvgIpc) is 2.28. The summed E-state index contributed by atoms with van der Waals surface area (Å²) in [7, 11) is 0. The fraction of sp³-hybridized carbons (Fsp3) is 0.0833. The monoisotopic (exact) mass is 279 g/mol. The zero-order chi connectivity index (χ0) is 11.4. The summed E-state index contributed by atoms with van der Waals surface area (Å²) in [6.45, 7) is 0.456. The molecule has 1 heterocycles. The van der Waals surface area contributed by atoms with Crippen LogP contribution in [-0.2, 0) is 6.61 Å². The first-order chi connectivity index (χ1) is 7.74. The van der Waals surface area contributed by atoms with Crippen LogP contribution in [0.2, 0.25) is 0 Å². The van der Waals surface area contributed by atoms with Gasteiger partial charge >= 0.3 is 0 Å². The smallest absolute Gasteiger partial charge is 0.120 e. The normalized spacial score (nSPS) is 10.1. The number of phenolic OH excluding ortho intramolecular Hbond substituents is 1. The molecule has 1 N–H and O–H groups in total. The van der Waals surface area contributed by atoms with Crippen molar-refractivity contribution < 1.29 is 9.84 Å². The zero-order valence-electron chi connectivity index (χ0n) is 8.43. The number of aromatic nitrogens is 1. The van der Waals surface area contributed by atoms with Gasteiger partial charge in [0.1, 0.15) is 18.1 Å². The van der Waals surface area contributed by atoms with E-state index in [1.165, 1.54) is 0 Å². The Balaban J connectivity index is 1.99. The molecule has 0 unspecified atom stereocenters. The summed E-state index contributed by atoms with van der Waals surface area (Å²) in [6.07, 6.45) is 3.48. The van der Waals surface area contributed by atoms with E-state index < -0.39 is 0 Å². The van der Waals surface area contributed by atoms with Gasteiger partial charge in [-0.15, -0.1) is 0 Å². The SMILES string of the molecule is Oc1ccc(OCc2cncc(Br)c2)cc1.